The Labute approximate surface area is 90.2 Å². The summed E-state index contributed by atoms with van der Waals surface area (Å²) in [6, 6.07) is 3.61. The highest BCUT2D eigenvalue weighted by Gasteiger charge is 2.19. The Morgan fingerprint density at radius 3 is 2.85 bits per heavy atom. The molecule has 0 heterocycles. The minimum atomic E-state index is 0.212. The standard InChI is InChI=1S/C10H8BrClO/c11-9-5-6(12)4-8-7(9)2-1-3-10(8)13/h4-5H,1-3H2. The lowest BCUT2D eigenvalue weighted by atomic mass is 9.91. The highest BCUT2D eigenvalue weighted by Crippen LogP contribution is 2.31. The summed E-state index contributed by atoms with van der Waals surface area (Å²) >= 11 is 9.29. The molecule has 1 aromatic rings. The summed E-state index contributed by atoms with van der Waals surface area (Å²) in [7, 11) is 0. The first-order chi connectivity index (χ1) is 6.18. The Kier molecular flexibility index (Phi) is 2.43. The van der Waals surface area contributed by atoms with Crippen LogP contribution in [-0.2, 0) is 6.42 Å². The number of halogens is 2. The zero-order chi connectivity index (χ0) is 9.42. The first-order valence-electron chi connectivity index (χ1n) is 4.19. The third-order valence-electron chi connectivity index (χ3n) is 2.29. The molecule has 0 saturated carbocycles. The van der Waals surface area contributed by atoms with E-state index < -0.39 is 0 Å². The summed E-state index contributed by atoms with van der Waals surface area (Å²) in [4.78, 5) is 11.5. The second-order valence-corrected chi connectivity index (χ2v) is 4.48. The van der Waals surface area contributed by atoms with Crippen molar-refractivity contribution in [2.45, 2.75) is 19.3 Å². The fraction of sp³-hybridized carbons (Fsp3) is 0.300. The quantitative estimate of drug-likeness (QED) is 0.695. The molecule has 0 amide bonds. The first kappa shape index (κ1) is 9.22. The summed E-state index contributed by atoms with van der Waals surface area (Å²) in [5.41, 5.74) is 1.91. The van der Waals surface area contributed by atoms with E-state index in [4.69, 9.17) is 11.6 Å². The van der Waals surface area contributed by atoms with Crippen LogP contribution >= 0.6 is 27.5 Å². The highest BCUT2D eigenvalue weighted by atomic mass is 79.9. The van der Waals surface area contributed by atoms with E-state index in [2.05, 4.69) is 15.9 Å². The van der Waals surface area contributed by atoms with Gasteiger partial charge >= 0.3 is 0 Å². The van der Waals surface area contributed by atoms with Gasteiger partial charge in [-0.3, -0.25) is 4.79 Å². The molecule has 1 aliphatic carbocycles. The fourth-order valence-corrected chi connectivity index (χ4v) is 2.68. The Balaban J connectivity index is 2.63. The van der Waals surface area contributed by atoms with Gasteiger partial charge in [-0.1, -0.05) is 27.5 Å². The minimum Gasteiger partial charge on any atom is -0.294 e. The molecule has 0 N–H and O–H groups in total. The first-order valence-corrected chi connectivity index (χ1v) is 5.36. The molecule has 0 unspecified atom stereocenters. The molecule has 0 radical (unpaired) electrons. The van der Waals surface area contributed by atoms with Crippen molar-refractivity contribution in [3.63, 3.8) is 0 Å². The summed E-state index contributed by atoms with van der Waals surface area (Å²) in [6.07, 6.45) is 2.57. The lowest BCUT2D eigenvalue weighted by Crippen LogP contribution is -2.11. The zero-order valence-corrected chi connectivity index (χ0v) is 9.28. The molecule has 0 atom stereocenters. The van der Waals surface area contributed by atoms with Crippen LogP contribution in [0, 0.1) is 0 Å². The van der Waals surface area contributed by atoms with Gasteiger partial charge in [0.25, 0.3) is 0 Å². The van der Waals surface area contributed by atoms with Crippen molar-refractivity contribution in [2.24, 2.45) is 0 Å². The molecular formula is C10H8BrClO. The molecule has 0 bridgehead atoms. The molecule has 0 spiro atoms. The van der Waals surface area contributed by atoms with Crippen molar-refractivity contribution in [1.29, 1.82) is 0 Å². The van der Waals surface area contributed by atoms with Gasteiger partial charge in [0, 0.05) is 21.5 Å². The van der Waals surface area contributed by atoms with Gasteiger partial charge < -0.3 is 0 Å². The monoisotopic (exact) mass is 258 g/mol. The third kappa shape index (κ3) is 1.65. The van der Waals surface area contributed by atoms with Crippen LogP contribution in [0.2, 0.25) is 5.02 Å². The molecule has 0 aliphatic heterocycles. The van der Waals surface area contributed by atoms with E-state index in [0.717, 1.165) is 28.4 Å². The number of ketones is 1. The SMILES string of the molecule is O=C1CCCc2c(Br)cc(Cl)cc21. The Morgan fingerprint density at radius 2 is 2.08 bits per heavy atom. The number of benzene rings is 1. The Hall–Kier alpha value is -0.340. The van der Waals surface area contributed by atoms with E-state index >= 15 is 0 Å². The van der Waals surface area contributed by atoms with Gasteiger partial charge in [-0.2, -0.15) is 0 Å². The van der Waals surface area contributed by atoms with Crippen molar-refractivity contribution in [2.75, 3.05) is 0 Å². The van der Waals surface area contributed by atoms with Crippen molar-refractivity contribution < 1.29 is 4.79 Å². The maximum atomic E-state index is 11.5. The van der Waals surface area contributed by atoms with Crippen LogP contribution in [-0.4, -0.2) is 5.78 Å². The molecule has 13 heavy (non-hydrogen) atoms. The molecule has 1 aliphatic rings. The zero-order valence-electron chi connectivity index (χ0n) is 6.94. The number of hydrogen-bond acceptors (Lipinski definition) is 1. The average Bonchev–Trinajstić information content (AvgIpc) is 2.07. The third-order valence-corrected chi connectivity index (χ3v) is 3.22. The lowest BCUT2D eigenvalue weighted by molar-refractivity contribution is 0.0972. The minimum absolute atomic E-state index is 0.212. The van der Waals surface area contributed by atoms with Gasteiger partial charge in [-0.15, -0.1) is 0 Å². The Bertz CT molecular complexity index is 373. The number of fused-ring (bicyclic) bond motifs is 1. The number of carbonyl (C=O) groups excluding carboxylic acids is 1. The van der Waals surface area contributed by atoms with Crippen molar-refractivity contribution >= 4 is 33.3 Å². The van der Waals surface area contributed by atoms with Crippen LogP contribution < -0.4 is 0 Å². The lowest BCUT2D eigenvalue weighted by Gasteiger charge is -2.16. The van der Waals surface area contributed by atoms with E-state index in [1.54, 1.807) is 6.07 Å². The summed E-state index contributed by atoms with van der Waals surface area (Å²) in [5, 5.41) is 0.626. The molecular weight excluding hydrogens is 251 g/mol. The average molecular weight is 260 g/mol. The van der Waals surface area contributed by atoms with Gasteiger partial charge in [0.05, 0.1) is 0 Å². The predicted molar refractivity (Wildman–Crippen MR) is 56.4 cm³/mol. The van der Waals surface area contributed by atoms with E-state index in [1.165, 1.54) is 0 Å². The van der Waals surface area contributed by atoms with Crippen molar-refractivity contribution in [1.82, 2.24) is 0 Å². The normalized spacial score (nSPS) is 15.7. The maximum absolute atomic E-state index is 11.5. The number of Topliss-reactive ketones (excluding diaryl/α,β-unsaturated/α-hetero) is 1. The number of hydrogen-bond donors (Lipinski definition) is 0. The van der Waals surface area contributed by atoms with Crippen molar-refractivity contribution in [3.8, 4) is 0 Å². The smallest absolute Gasteiger partial charge is 0.163 e. The van der Waals surface area contributed by atoms with Crippen molar-refractivity contribution in [3.05, 3.63) is 32.8 Å². The summed E-state index contributed by atoms with van der Waals surface area (Å²) < 4.78 is 0.961. The molecule has 0 aromatic heterocycles. The van der Waals surface area contributed by atoms with Crippen LogP contribution in [0.25, 0.3) is 0 Å². The summed E-state index contributed by atoms with van der Waals surface area (Å²) in [6.45, 7) is 0. The second kappa shape index (κ2) is 3.43. The number of carbonyl (C=O) groups is 1. The van der Waals surface area contributed by atoms with Gasteiger partial charge in [0.1, 0.15) is 0 Å². The molecule has 1 nitrogen and oxygen atoms in total. The molecule has 0 saturated heterocycles. The molecule has 68 valence electrons. The predicted octanol–water partition coefficient (Wildman–Crippen LogP) is 3.62. The van der Waals surface area contributed by atoms with Gasteiger partial charge in [0.2, 0.25) is 0 Å². The highest BCUT2D eigenvalue weighted by molar-refractivity contribution is 9.10. The Morgan fingerprint density at radius 1 is 1.31 bits per heavy atom. The van der Waals surface area contributed by atoms with Gasteiger partial charge in [0.15, 0.2) is 5.78 Å². The van der Waals surface area contributed by atoms with Crippen LogP contribution in [0.1, 0.15) is 28.8 Å². The molecule has 3 heteroatoms. The molecule has 1 aromatic carbocycles. The maximum Gasteiger partial charge on any atom is 0.163 e. The van der Waals surface area contributed by atoms with Gasteiger partial charge in [-0.25, -0.2) is 0 Å². The van der Waals surface area contributed by atoms with Crippen LogP contribution in [0.3, 0.4) is 0 Å². The van der Waals surface area contributed by atoms with E-state index in [-0.39, 0.29) is 5.78 Å². The second-order valence-electron chi connectivity index (χ2n) is 3.19. The van der Waals surface area contributed by atoms with Crippen LogP contribution in [0.15, 0.2) is 16.6 Å². The largest absolute Gasteiger partial charge is 0.294 e. The van der Waals surface area contributed by atoms with Crippen LogP contribution in [0.5, 0.6) is 0 Å². The molecule has 0 fully saturated rings. The summed E-state index contributed by atoms with van der Waals surface area (Å²) in [5.74, 6) is 0.212. The van der Waals surface area contributed by atoms with E-state index in [1.807, 2.05) is 6.07 Å². The topological polar surface area (TPSA) is 17.1 Å². The van der Waals surface area contributed by atoms with E-state index in [9.17, 15) is 4.79 Å². The van der Waals surface area contributed by atoms with E-state index in [0.29, 0.717) is 11.4 Å². The van der Waals surface area contributed by atoms with Crippen LogP contribution in [0.4, 0.5) is 0 Å². The molecule has 2 rings (SSSR count). The fourth-order valence-electron chi connectivity index (χ4n) is 1.67. The number of rotatable bonds is 0. The van der Waals surface area contributed by atoms with Gasteiger partial charge in [-0.05, 0) is 30.5 Å².